The maximum absolute atomic E-state index is 9.65. The van der Waals surface area contributed by atoms with Gasteiger partial charge in [0.15, 0.2) is 0 Å². The monoisotopic (exact) mass is 429 g/mol. The summed E-state index contributed by atoms with van der Waals surface area (Å²) in [5.41, 5.74) is 0. The molecule has 138 valence electrons. The zero-order valence-corrected chi connectivity index (χ0v) is 17.5. The van der Waals surface area contributed by atoms with E-state index in [9.17, 15) is 28.4 Å². The molecule has 0 amide bonds. The van der Waals surface area contributed by atoms with Crippen molar-refractivity contribution in [3.05, 3.63) is 38.0 Å². The SMILES string of the molecule is C=CCCO[P+](=O)[O-].C=CCCO[P+](=O)[O-].C=CCCO[P+](=O)[O-].[Al+3]. The van der Waals surface area contributed by atoms with Gasteiger partial charge in [-0.25, -0.2) is 0 Å². The molecular formula is C12H21AlO9P3+3. The minimum atomic E-state index is -2.66. The van der Waals surface area contributed by atoms with Gasteiger partial charge in [0, 0.05) is 0 Å². The fraction of sp³-hybridized carbons (Fsp3) is 0.500. The van der Waals surface area contributed by atoms with Gasteiger partial charge in [-0.3, -0.25) is 0 Å². The molecule has 0 aliphatic carbocycles. The zero-order valence-electron chi connectivity index (χ0n) is 13.7. The molecule has 13 heteroatoms. The smallest absolute Gasteiger partial charge is 0.566 e. The molecule has 0 spiro atoms. The van der Waals surface area contributed by atoms with Crippen molar-refractivity contribution in [2.24, 2.45) is 0 Å². The maximum Gasteiger partial charge on any atom is 3.00 e. The maximum atomic E-state index is 9.65. The third kappa shape index (κ3) is 51.6. The van der Waals surface area contributed by atoms with Crippen LogP contribution in [0.25, 0.3) is 0 Å². The second-order valence-electron chi connectivity index (χ2n) is 3.40. The zero-order chi connectivity index (χ0) is 19.2. The van der Waals surface area contributed by atoms with Gasteiger partial charge >= 0.3 is 42.1 Å². The van der Waals surface area contributed by atoms with Crippen LogP contribution in [0.4, 0.5) is 0 Å². The molecule has 3 unspecified atom stereocenters. The Morgan fingerprint density at radius 3 is 0.960 bits per heavy atom. The van der Waals surface area contributed by atoms with E-state index in [1.165, 1.54) is 0 Å². The first-order valence-electron chi connectivity index (χ1n) is 6.46. The Bertz CT molecular complexity index is 337. The number of hydrogen-bond acceptors (Lipinski definition) is 9. The molecule has 0 bridgehead atoms. The molecule has 0 aromatic heterocycles. The van der Waals surface area contributed by atoms with Crippen molar-refractivity contribution in [3.63, 3.8) is 0 Å². The topological polar surface area (TPSA) is 148 Å². The van der Waals surface area contributed by atoms with E-state index >= 15 is 0 Å². The molecule has 0 heterocycles. The fourth-order valence-corrected chi connectivity index (χ4v) is 1.40. The van der Waals surface area contributed by atoms with Gasteiger partial charge < -0.3 is 14.7 Å². The Kier molecular flexibility index (Phi) is 37.2. The van der Waals surface area contributed by atoms with Gasteiger partial charge in [0.05, 0.1) is 0 Å². The molecule has 0 N–H and O–H groups in total. The van der Waals surface area contributed by atoms with Crippen molar-refractivity contribution >= 4 is 42.1 Å². The summed E-state index contributed by atoms with van der Waals surface area (Å²) >= 11 is 0. The third-order valence-corrected chi connectivity index (χ3v) is 2.74. The predicted octanol–water partition coefficient (Wildman–Crippen LogP) is 1.41. The molecule has 0 saturated heterocycles. The first-order valence-corrected chi connectivity index (χ1v) is 9.75. The Hall–Kier alpha value is -0.188. The molecule has 0 fully saturated rings. The Labute approximate surface area is 161 Å². The molecule has 0 radical (unpaired) electrons. The van der Waals surface area contributed by atoms with Crippen molar-refractivity contribution in [2.75, 3.05) is 19.8 Å². The summed E-state index contributed by atoms with van der Waals surface area (Å²) in [6.45, 7) is 10.8. The van der Waals surface area contributed by atoms with Gasteiger partial charge in [-0.15, -0.1) is 33.3 Å². The van der Waals surface area contributed by atoms with Crippen LogP contribution in [0.1, 0.15) is 19.3 Å². The van der Waals surface area contributed by atoms with Crippen LogP contribution >= 0.6 is 24.8 Å². The first-order chi connectivity index (χ1) is 11.3. The van der Waals surface area contributed by atoms with E-state index in [1.54, 1.807) is 18.2 Å². The quantitative estimate of drug-likeness (QED) is 0.194. The standard InChI is InChI=1S/3C4H7O3P.Al/c3*1-2-3-4-7-8(5)6;/h3*2H,1,3-4H2;/q;;;+3. The normalized spacial score (nSPS) is 10.4. The van der Waals surface area contributed by atoms with Crippen LogP contribution in [0.3, 0.4) is 0 Å². The summed E-state index contributed by atoms with van der Waals surface area (Å²) in [6, 6.07) is 0. The summed E-state index contributed by atoms with van der Waals surface area (Å²) in [5, 5.41) is 0. The van der Waals surface area contributed by atoms with E-state index in [2.05, 4.69) is 33.3 Å². The molecule has 3 atom stereocenters. The molecule has 25 heavy (non-hydrogen) atoms. The second kappa shape index (κ2) is 28.6. The van der Waals surface area contributed by atoms with Crippen LogP contribution in [0, 0.1) is 0 Å². The van der Waals surface area contributed by atoms with E-state index in [0.717, 1.165) is 0 Å². The average molecular weight is 429 g/mol. The van der Waals surface area contributed by atoms with Gasteiger partial charge in [-0.2, -0.15) is 0 Å². The number of rotatable bonds is 12. The third-order valence-electron chi connectivity index (χ3n) is 1.56. The second-order valence-corrected chi connectivity index (χ2v) is 5.52. The molecule has 0 aliphatic rings. The van der Waals surface area contributed by atoms with Gasteiger partial charge in [0.2, 0.25) is 0 Å². The fourth-order valence-electron chi connectivity index (χ4n) is 0.632. The van der Waals surface area contributed by atoms with Crippen LogP contribution in [0.5, 0.6) is 0 Å². The first kappa shape index (κ1) is 32.5. The van der Waals surface area contributed by atoms with Gasteiger partial charge in [-0.05, 0) is 33.0 Å². The summed E-state index contributed by atoms with van der Waals surface area (Å²) in [5.74, 6) is 0. The van der Waals surface area contributed by atoms with Crippen LogP contribution in [0.15, 0.2) is 38.0 Å². The van der Waals surface area contributed by atoms with Crippen molar-refractivity contribution in [1.82, 2.24) is 0 Å². The van der Waals surface area contributed by atoms with Crippen LogP contribution < -0.4 is 14.7 Å². The van der Waals surface area contributed by atoms with Crippen LogP contribution in [0.2, 0.25) is 0 Å². The summed E-state index contributed by atoms with van der Waals surface area (Å²) < 4.78 is 41.5. The van der Waals surface area contributed by atoms with Crippen LogP contribution in [-0.2, 0) is 27.3 Å². The van der Waals surface area contributed by atoms with Crippen molar-refractivity contribution in [2.45, 2.75) is 19.3 Å². The average Bonchev–Trinajstić information content (AvgIpc) is 2.48. The Morgan fingerprint density at radius 1 is 0.640 bits per heavy atom. The van der Waals surface area contributed by atoms with E-state index in [4.69, 9.17) is 0 Å². The minimum absolute atomic E-state index is 0. The molecule has 0 saturated carbocycles. The van der Waals surface area contributed by atoms with E-state index in [1.807, 2.05) is 0 Å². The van der Waals surface area contributed by atoms with Crippen molar-refractivity contribution < 1.29 is 41.9 Å². The van der Waals surface area contributed by atoms with E-state index < -0.39 is 24.8 Å². The minimum Gasteiger partial charge on any atom is -0.566 e. The Morgan fingerprint density at radius 2 is 0.840 bits per heavy atom. The molecule has 0 aromatic rings. The Balaban J connectivity index is -0.000000130. The van der Waals surface area contributed by atoms with E-state index in [0.29, 0.717) is 19.3 Å². The summed E-state index contributed by atoms with van der Waals surface area (Å²) in [4.78, 5) is 29.0. The molecule has 0 rings (SSSR count). The van der Waals surface area contributed by atoms with Gasteiger partial charge in [0.25, 0.3) is 0 Å². The molecule has 0 aromatic carbocycles. The van der Waals surface area contributed by atoms with Gasteiger partial charge in [0.1, 0.15) is 19.8 Å². The number of hydrogen-bond donors (Lipinski definition) is 0. The largest absolute Gasteiger partial charge is 3.00 e. The molecule has 0 aliphatic heterocycles. The summed E-state index contributed by atoms with van der Waals surface area (Å²) in [6.07, 6.45) is 6.51. The van der Waals surface area contributed by atoms with Gasteiger partial charge in [-0.1, -0.05) is 18.2 Å². The van der Waals surface area contributed by atoms with E-state index in [-0.39, 0.29) is 37.2 Å². The summed E-state index contributed by atoms with van der Waals surface area (Å²) in [7, 11) is -7.98. The van der Waals surface area contributed by atoms with Crippen LogP contribution in [-0.4, -0.2) is 37.2 Å². The molecular weight excluding hydrogens is 408 g/mol. The van der Waals surface area contributed by atoms with Crippen molar-refractivity contribution in [3.8, 4) is 0 Å². The van der Waals surface area contributed by atoms with Crippen molar-refractivity contribution in [1.29, 1.82) is 0 Å². The predicted molar refractivity (Wildman–Crippen MR) is 90.9 cm³/mol. The molecule has 9 nitrogen and oxygen atoms in total.